The lowest BCUT2D eigenvalue weighted by Crippen LogP contribution is -2.21. The Morgan fingerprint density at radius 1 is 1.21 bits per heavy atom. The van der Waals surface area contributed by atoms with E-state index < -0.39 is 0 Å². The number of benzene rings is 2. The number of rotatable bonds is 4. The quantitative estimate of drug-likeness (QED) is 0.869. The Balaban J connectivity index is 1.61. The number of halogens is 1. The topological polar surface area (TPSA) is 80.6 Å². The summed E-state index contributed by atoms with van der Waals surface area (Å²) in [6.45, 7) is 0.834. The van der Waals surface area contributed by atoms with Gasteiger partial charge in [0.05, 0.1) is 17.3 Å². The molecule has 2 aromatic carbocycles. The first-order valence-electron chi connectivity index (χ1n) is 7.17. The molecule has 0 radical (unpaired) electrons. The fourth-order valence-corrected chi connectivity index (χ4v) is 2.54. The van der Waals surface area contributed by atoms with Crippen molar-refractivity contribution in [2.24, 2.45) is 0 Å². The summed E-state index contributed by atoms with van der Waals surface area (Å²) in [5, 5.41) is 11.5. The van der Waals surface area contributed by atoms with E-state index in [2.05, 4.69) is 21.2 Å². The molecule has 1 heterocycles. The second-order valence-corrected chi connectivity index (χ2v) is 5.80. The van der Waals surface area contributed by atoms with Crippen LogP contribution in [0.15, 0.2) is 40.9 Å². The van der Waals surface area contributed by atoms with E-state index in [0.29, 0.717) is 46.2 Å². The molecular weight excluding hydrogens is 376 g/mol. The normalized spacial score (nSPS) is 12.2. The highest BCUT2D eigenvalue weighted by Gasteiger charge is 2.16. The summed E-state index contributed by atoms with van der Waals surface area (Å²) >= 11 is 3.39. The number of nitriles is 1. The molecule has 2 aromatic rings. The maximum Gasteiger partial charge on any atom is 0.262 e. The van der Waals surface area contributed by atoms with Gasteiger partial charge in [-0.3, -0.25) is 4.79 Å². The zero-order valence-corrected chi connectivity index (χ0v) is 14.1. The summed E-state index contributed by atoms with van der Waals surface area (Å²) in [7, 11) is 0. The number of hydrogen-bond donors (Lipinski definition) is 1. The van der Waals surface area contributed by atoms with E-state index in [9.17, 15) is 4.79 Å². The van der Waals surface area contributed by atoms with Crippen LogP contribution in [0.3, 0.4) is 0 Å². The van der Waals surface area contributed by atoms with Crippen molar-refractivity contribution in [3.05, 3.63) is 46.4 Å². The van der Waals surface area contributed by atoms with E-state index in [1.165, 1.54) is 0 Å². The second-order valence-electron chi connectivity index (χ2n) is 4.95. The maximum absolute atomic E-state index is 12.0. The van der Waals surface area contributed by atoms with Gasteiger partial charge >= 0.3 is 0 Å². The van der Waals surface area contributed by atoms with Gasteiger partial charge in [0.1, 0.15) is 19.0 Å². The van der Waals surface area contributed by atoms with E-state index in [1.807, 2.05) is 6.07 Å². The molecule has 7 heteroatoms. The first kappa shape index (κ1) is 16.1. The van der Waals surface area contributed by atoms with Crippen LogP contribution in [0.4, 0.5) is 5.69 Å². The van der Waals surface area contributed by atoms with E-state index in [0.717, 1.165) is 0 Å². The summed E-state index contributed by atoms with van der Waals surface area (Å²) < 4.78 is 17.1. The molecule has 0 fully saturated rings. The maximum atomic E-state index is 12.0. The van der Waals surface area contributed by atoms with Crippen molar-refractivity contribution >= 4 is 27.5 Å². The third-order valence-electron chi connectivity index (χ3n) is 3.26. The van der Waals surface area contributed by atoms with Crippen molar-refractivity contribution in [3.63, 3.8) is 0 Å². The molecule has 0 atom stereocenters. The Hall–Kier alpha value is -2.72. The standard InChI is InChI=1S/C17H13BrN2O4/c18-13-7-15-16(23-6-5-22-15)8-14(13)20-17(21)10-24-12-3-1-11(9-19)2-4-12/h1-4,7-8H,5-6,10H2,(H,20,21). The summed E-state index contributed by atoms with van der Waals surface area (Å²) in [5.74, 6) is 1.44. The van der Waals surface area contributed by atoms with Crippen molar-refractivity contribution in [1.29, 1.82) is 5.26 Å². The van der Waals surface area contributed by atoms with Crippen molar-refractivity contribution in [2.45, 2.75) is 0 Å². The summed E-state index contributed by atoms with van der Waals surface area (Å²) in [6.07, 6.45) is 0. The zero-order valence-electron chi connectivity index (χ0n) is 12.5. The predicted molar refractivity (Wildman–Crippen MR) is 90.4 cm³/mol. The summed E-state index contributed by atoms with van der Waals surface area (Å²) in [4.78, 5) is 12.0. The van der Waals surface area contributed by atoms with Gasteiger partial charge in [-0.1, -0.05) is 0 Å². The van der Waals surface area contributed by atoms with E-state index in [1.54, 1.807) is 36.4 Å². The third-order valence-corrected chi connectivity index (χ3v) is 3.92. The number of nitrogens with zero attached hydrogens (tertiary/aromatic N) is 1. The van der Waals surface area contributed by atoms with Crippen LogP contribution >= 0.6 is 15.9 Å². The molecule has 1 aliphatic heterocycles. The molecular formula is C17H13BrN2O4. The van der Waals surface area contributed by atoms with Crippen molar-refractivity contribution in [1.82, 2.24) is 0 Å². The van der Waals surface area contributed by atoms with Gasteiger partial charge < -0.3 is 19.5 Å². The van der Waals surface area contributed by atoms with Crippen molar-refractivity contribution in [2.75, 3.05) is 25.1 Å². The molecule has 0 saturated carbocycles. The number of ether oxygens (including phenoxy) is 3. The van der Waals surface area contributed by atoms with Crippen LogP contribution in [-0.2, 0) is 4.79 Å². The minimum atomic E-state index is -0.309. The van der Waals surface area contributed by atoms with Crippen LogP contribution in [0.2, 0.25) is 0 Å². The minimum absolute atomic E-state index is 0.146. The number of carbonyl (C=O) groups is 1. The largest absolute Gasteiger partial charge is 0.486 e. The molecule has 122 valence electrons. The Bertz CT molecular complexity index is 799. The van der Waals surface area contributed by atoms with Gasteiger partial charge in [-0.25, -0.2) is 0 Å². The highest BCUT2D eigenvalue weighted by molar-refractivity contribution is 9.10. The van der Waals surface area contributed by atoms with Crippen LogP contribution < -0.4 is 19.5 Å². The molecule has 0 aromatic heterocycles. The van der Waals surface area contributed by atoms with Gasteiger partial charge in [0.25, 0.3) is 5.91 Å². The van der Waals surface area contributed by atoms with Crippen LogP contribution in [0.25, 0.3) is 0 Å². The number of anilines is 1. The van der Waals surface area contributed by atoms with Crippen molar-refractivity contribution < 1.29 is 19.0 Å². The molecule has 0 spiro atoms. The van der Waals surface area contributed by atoms with E-state index in [-0.39, 0.29) is 12.5 Å². The van der Waals surface area contributed by atoms with Gasteiger partial charge in [0, 0.05) is 16.6 Å². The SMILES string of the molecule is N#Cc1ccc(OCC(=O)Nc2cc3c(cc2Br)OCCO3)cc1. The molecule has 0 aliphatic carbocycles. The molecule has 3 rings (SSSR count). The summed E-state index contributed by atoms with van der Waals surface area (Å²) in [5.41, 5.74) is 1.11. The van der Waals surface area contributed by atoms with Gasteiger partial charge in [0.15, 0.2) is 18.1 Å². The van der Waals surface area contributed by atoms with Crippen LogP contribution in [0, 0.1) is 11.3 Å². The highest BCUT2D eigenvalue weighted by atomic mass is 79.9. The minimum Gasteiger partial charge on any atom is -0.486 e. The summed E-state index contributed by atoms with van der Waals surface area (Å²) in [6, 6.07) is 12.0. The van der Waals surface area contributed by atoms with Gasteiger partial charge in [-0.15, -0.1) is 0 Å². The Morgan fingerprint density at radius 3 is 2.54 bits per heavy atom. The van der Waals surface area contributed by atoms with Crippen LogP contribution in [0.5, 0.6) is 17.2 Å². The van der Waals surface area contributed by atoms with E-state index in [4.69, 9.17) is 19.5 Å². The first-order chi connectivity index (χ1) is 11.7. The average molecular weight is 389 g/mol. The molecule has 0 unspecified atom stereocenters. The monoisotopic (exact) mass is 388 g/mol. The Labute approximate surface area is 147 Å². The first-order valence-corrected chi connectivity index (χ1v) is 7.97. The number of amides is 1. The van der Waals surface area contributed by atoms with E-state index >= 15 is 0 Å². The Morgan fingerprint density at radius 2 is 1.88 bits per heavy atom. The molecule has 24 heavy (non-hydrogen) atoms. The molecule has 0 saturated heterocycles. The fraction of sp³-hybridized carbons (Fsp3) is 0.176. The fourth-order valence-electron chi connectivity index (χ4n) is 2.12. The zero-order chi connectivity index (χ0) is 16.9. The number of hydrogen-bond acceptors (Lipinski definition) is 5. The van der Waals surface area contributed by atoms with Crippen molar-refractivity contribution in [3.8, 4) is 23.3 Å². The average Bonchev–Trinajstić information content (AvgIpc) is 2.61. The molecule has 6 nitrogen and oxygen atoms in total. The lowest BCUT2D eigenvalue weighted by atomic mass is 10.2. The van der Waals surface area contributed by atoms with Gasteiger partial charge in [0.2, 0.25) is 0 Å². The molecule has 1 aliphatic rings. The number of fused-ring (bicyclic) bond motifs is 1. The molecule has 1 N–H and O–H groups in total. The number of nitrogens with one attached hydrogen (secondary N) is 1. The second kappa shape index (κ2) is 7.23. The predicted octanol–water partition coefficient (Wildman–Crippen LogP) is 3.11. The van der Waals surface area contributed by atoms with Gasteiger partial charge in [-0.05, 0) is 40.2 Å². The van der Waals surface area contributed by atoms with Crippen LogP contribution in [0.1, 0.15) is 5.56 Å². The lowest BCUT2D eigenvalue weighted by molar-refractivity contribution is -0.118. The Kier molecular flexibility index (Phi) is 4.87. The van der Waals surface area contributed by atoms with Crippen LogP contribution in [-0.4, -0.2) is 25.7 Å². The highest BCUT2D eigenvalue weighted by Crippen LogP contribution is 2.38. The smallest absolute Gasteiger partial charge is 0.262 e. The third kappa shape index (κ3) is 3.78. The molecule has 0 bridgehead atoms. The number of carbonyl (C=O) groups excluding carboxylic acids is 1. The van der Waals surface area contributed by atoms with Gasteiger partial charge in [-0.2, -0.15) is 5.26 Å². The lowest BCUT2D eigenvalue weighted by Gasteiger charge is -2.20. The molecule has 1 amide bonds.